The highest BCUT2D eigenvalue weighted by molar-refractivity contribution is 14.0. The van der Waals surface area contributed by atoms with Gasteiger partial charge in [0.1, 0.15) is 0 Å². The number of halogens is 1. The van der Waals surface area contributed by atoms with E-state index in [2.05, 4.69) is 22.5 Å². The summed E-state index contributed by atoms with van der Waals surface area (Å²) in [5.41, 5.74) is 1.64. The molecule has 2 aromatic rings. The van der Waals surface area contributed by atoms with Crippen LogP contribution < -0.4 is 24.8 Å². The van der Waals surface area contributed by atoms with E-state index in [1.807, 2.05) is 0 Å². The number of nitro benzene ring substituents is 1. The zero-order chi connectivity index (χ0) is 21.9. The van der Waals surface area contributed by atoms with Gasteiger partial charge in [-0.3, -0.25) is 10.1 Å². The van der Waals surface area contributed by atoms with E-state index in [1.54, 1.807) is 45.6 Å². The molecule has 2 N–H and O–H groups in total. The Hall–Kier alpha value is -2.76. The molecule has 0 atom stereocenters. The van der Waals surface area contributed by atoms with Crippen LogP contribution in [-0.2, 0) is 6.54 Å². The first-order valence-corrected chi connectivity index (χ1v) is 9.61. The Labute approximate surface area is 199 Å². The Bertz CT molecular complexity index is 850. The summed E-state index contributed by atoms with van der Waals surface area (Å²) >= 11 is 0. The predicted molar refractivity (Wildman–Crippen MR) is 132 cm³/mol. The van der Waals surface area contributed by atoms with E-state index in [0.29, 0.717) is 29.8 Å². The van der Waals surface area contributed by atoms with Crippen LogP contribution in [0.2, 0.25) is 0 Å². The number of ether oxygens (including phenoxy) is 3. The van der Waals surface area contributed by atoms with Gasteiger partial charge in [-0.15, -0.1) is 24.0 Å². The number of hydrogen-bond donors (Lipinski definition) is 2. The number of benzene rings is 2. The van der Waals surface area contributed by atoms with Crippen molar-refractivity contribution in [1.29, 1.82) is 0 Å². The van der Waals surface area contributed by atoms with Crippen molar-refractivity contribution < 1.29 is 19.1 Å². The summed E-state index contributed by atoms with van der Waals surface area (Å²) in [4.78, 5) is 15.0. The number of nitrogens with one attached hydrogen (secondary N) is 2. The molecule has 0 saturated heterocycles. The van der Waals surface area contributed by atoms with Gasteiger partial charge in [-0.2, -0.15) is 0 Å². The van der Waals surface area contributed by atoms with Crippen molar-refractivity contribution >= 4 is 41.3 Å². The van der Waals surface area contributed by atoms with E-state index in [1.165, 1.54) is 12.1 Å². The highest BCUT2D eigenvalue weighted by Crippen LogP contribution is 2.39. The molecule has 0 saturated carbocycles. The minimum atomic E-state index is -0.420. The molecule has 2 aromatic carbocycles. The largest absolute Gasteiger partial charge is 0.493 e. The summed E-state index contributed by atoms with van der Waals surface area (Å²) < 4.78 is 16.2. The lowest BCUT2D eigenvalue weighted by Crippen LogP contribution is -2.31. The van der Waals surface area contributed by atoms with Crippen LogP contribution in [0.3, 0.4) is 0 Å². The van der Waals surface area contributed by atoms with E-state index in [4.69, 9.17) is 14.2 Å². The first-order chi connectivity index (χ1) is 14.5. The summed E-state index contributed by atoms with van der Waals surface area (Å²) in [6.45, 7) is 3.24. The number of guanidine groups is 1. The minimum absolute atomic E-state index is 0. The number of nitrogens with zero attached hydrogens (tertiary/aromatic N) is 2. The maximum atomic E-state index is 10.8. The lowest BCUT2D eigenvalue weighted by atomic mass is 10.2. The van der Waals surface area contributed by atoms with Gasteiger partial charge in [-0.05, 0) is 12.0 Å². The molecule has 0 aliphatic heterocycles. The molecule has 10 heteroatoms. The van der Waals surface area contributed by atoms with Gasteiger partial charge in [0.25, 0.3) is 5.69 Å². The molecule has 0 amide bonds. The molecule has 170 valence electrons. The van der Waals surface area contributed by atoms with Crippen LogP contribution >= 0.6 is 24.0 Å². The Kier molecular flexibility index (Phi) is 11.5. The molecule has 0 heterocycles. The Morgan fingerprint density at radius 3 is 2.16 bits per heavy atom. The summed E-state index contributed by atoms with van der Waals surface area (Å²) in [6.07, 6.45) is 2.04. The molecule has 0 fully saturated rings. The Morgan fingerprint density at radius 1 is 1.06 bits per heavy atom. The van der Waals surface area contributed by atoms with E-state index in [0.717, 1.165) is 30.6 Å². The second kappa shape index (κ2) is 13.5. The van der Waals surface area contributed by atoms with Gasteiger partial charge in [0, 0.05) is 36.5 Å². The normalized spacial score (nSPS) is 10.6. The van der Waals surface area contributed by atoms with Gasteiger partial charge in [0.2, 0.25) is 5.75 Å². The lowest BCUT2D eigenvalue weighted by molar-refractivity contribution is -0.384. The van der Waals surface area contributed by atoms with Crippen molar-refractivity contribution in [3.05, 3.63) is 52.1 Å². The van der Waals surface area contributed by atoms with Crippen molar-refractivity contribution in [2.24, 2.45) is 4.99 Å². The van der Waals surface area contributed by atoms with Crippen LogP contribution in [0, 0.1) is 10.1 Å². The van der Waals surface area contributed by atoms with Crippen LogP contribution in [-0.4, -0.2) is 38.8 Å². The van der Waals surface area contributed by atoms with Crippen molar-refractivity contribution in [3.63, 3.8) is 0 Å². The second-order valence-corrected chi connectivity index (χ2v) is 6.41. The van der Waals surface area contributed by atoms with Gasteiger partial charge in [-0.1, -0.05) is 25.5 Å². The number of nitro groups is 1. The molecule has 0 radical (unpaired) electrons. The van der Waals surface area contributed by atoms with Gasteiger partial charge in [0.05, 0.1) is 32.8 Å². The summed E-state index contributed by atoms with van der Waals surface area (Å²) in [6, 6.07) is 9.94. The third-order valence-corrected chi connectivity index (χ3v) is 4.32. The van der Waals surface area contributed by atoms with Gasteiger partial charge in [-0.25, -0.2) is 4.99 Å². The molecule has 2 rings (SSSR count). The summed E-state index contributed by atoms with van der Waals surface area (Å²) in [5, 5.41) is 17.4. The quantitative estimate of drug-likeness (QED) is 0.113. The van der Waals surface area contributed by atoms with Gasteiger partial charge in [0.15, 0.2) is 17.5 Å². The number of methoxy groups -OCH3 is 3. The number of rotatable bonds is 10. The monoisotopic (exact) mass is 544 g/mol. The molecule has 0 aliphatic carbocycles. The molecule has 0 aromatic heterocycles. The topological polar surface area (TPSA) is 107 Å². The predicted octanol–water partition coefficient (Wildman–Crippen LogP) is 4.60. The van der Waals surface area contributed by atoms with E-state index >= 15 is 0 Å². The van der Waals surface area contributed by atoms with E-state index < -0.39 is 4.92 Å². The standard InChI is InChI=1S/C21H28N4O5.HI/c1-5-6-11-22-21(23-14-15-7-9-17(10-8-15)25(26)27)24-16-12-18(28-2)20(30-4)19(13-16)29-3;/h7-10,12-13H,5-6,11,14H2,1-4H3,(H2,22,23,24);1H. The van der Waals surface area contributed by atoms with E-state index in [9.17, 15) is 10.1 Å². The third kappa shape index (κ3) is 7.78. The molecule has 31 heavy (non-hydrogen) atoms. The van der Waals surface area contributed by atoms with Gasteiger partial charge >= 0.3 is 0 Å². The van der Waals surface area contributed by atoms with Gasteiger partial charge < -0.3 is 24.8 Å². The molecule has 0 spiro atoms. The fourth-order valence-corrected chi connectivity index (χ4v) is 2.71. The molecular weight excluding hydrogens is 515 g/mol. The van der Waals surface area contributed by atoms with Crippen LogP contribution in [0.1, 0.15) is 25.3 Å². The molecular formula is C21H29IN4O5. The van der Waals surface area contributed by atoms with Crippen LogP contribution in [0.15, 0.2) is 41.4 Å². The van der Waals surface area contributed by atoms with Crippen molar-refractivity contribution in [1.82, 2.24) is 5.32 Å². The second-order valence-electron chi connectivity index (χ2n) is 6.41. The smallest absolute Gasteiger partial charge is 0.269 e. The Morgan fingerprint density at radius 2 is 1.68 bits per heavy atom. The average molecular weight is 544 g/mol. The highest BCUT2D eigenvalue weighted by atomic mass is 127. The van der Waals surface area contributed by atoms with E-state index in [-0.39, 0.29) is 29.7 Å². The number of non-ortho nitro benzene ring substituents is 1. The fraction of sp³-hybridized carbons (Fsp3) is 0.381. The summed E-state index contributed by atoms with van der Waals surface area (Å²) in [5.74, 6) is 2.15. The lowest BCUT2D eigenvalue weighted by Gasteiger charge is -2.17. The van der Waals surface area contributed by atoms with Crippen molar-refractivity contribution in [2.75, 3.05) is 33.2 Å². The summed E-state index contributed by atoms with van der Waals surface area (Å²) in [7, 11) is 4.67. The van der Waals surface area contributed by atoms with Crippen molar-refractivity contribution in [3.8, 4) is 17.2 Å². The van der Waals surface area contributed by atoms with Crippen molar-refractivity contribution in [2.45, 2.75) is 26.3 Å². The molecule has 9 nitrogen and oxygen atoms in total. The third-order valence-electron chi connectivity index (χ3n) is 4.32. The first kappa shape index (κ1) is 26.3. The number of aliphatic imine (C=N–C) groups is 1. The maximum Gasteiger partial charge on any atom is 0.269 e. The number of unbranched alkanes of at least 4 members (excludes halogenated alkanes) is 1. The first-order valence-electron chi connectivity index (χ1n) is 9.61. The van der Waals surface area contributed by atoms with Crippen LogP contribution in [0.4, 0.5) is 11.4 Å². The van der Waals surface area contributed by atoms with Crippen LogP contribution in [0.25, 0.3) is 0 Å². The number of anilines is 1. The molecule has 0 bridgehead atoms. The average Bonchev–Trinajstić information content (AvgIpc) is 2.76. The minimum Gasteiger partial charge on any atom is -0.493 e. The Balaban J connectivity index is 0.00000480. The SMILES string of the molecule is CCCCNC(=NCc1ccc([N+](=O)[O-])cc1)Nc1cc(OC)c(OC)c(OC)c1.I. The zero-order valence-corrected chi connectivity index (χ0v) is 20.5. The number of hydrogen-bond acceptors (Lipinski definition) is 6. The molecule has 0 aliphatic rings. The maximum absolute atomic E-state index is 10.8. The highest BCUT2D eigenvalue weighted by Gasteiger charge is 2.14. The van der Waals surface area contributed by atoms with Crippen LogP contribution in [0.5, 0.6) is 17.2 Å². The zero-order valence-electron chi connectivity index (χ0n) is 18.1. The molecule has 0 unspecified atom stereocenters. The fourth-order valence-electron chi connectivity index (χ4n) is 2.71.